The highest BCUT2D eigenvalue weighted by Crippen LogP contribution is 2.33. The fourth-order valence-electron chi connectivity index (χ4n) is 4.14. The Bertz CT molecular complexity index is 762. The van der Waals surface area contributed by atoms with Crippen molar-refractivity contribution in [2.75, 3.05) is 37.6 Å². The van der Waals surface area contributed by atoms with Crippen molar-refractivity contribution in [3.8, 4) is 0 Å². The molecule has 6 nitrogen and oxygen atoms in total. The molecule has 7 heteroatoms. The summed E-state index contributed by atoms with van der Waals surface area (Å²) in [4.78, 5) is 20.3. The van der Waals surface area contributed by atoms with Crippen LogP contribution in [-0.2, 0) is 0 Å². The number of non-ortho nitro benzene ring substituents is 1. The molecule has 26 heavy (non-hydrogen) atoms. The summed E-state index contributed by atoms with van der Waals surface area (Å²) in [7, 11) is 0. The van der Waals surface area contributed by atoms with Crippen molar-refractivity contribution in [2.45, 2.75) is 38.5 Å². The molecule has 0 bridgehead atoms. The smallest absolute Gasteiger partial charge is 0.270 e. The summed E-state index contributed by atoms with van der Waals surface area (Å²) in [6.45, 7) is 5.88. The van der Waals surface area contributed by atoms with Gasteiger partial charge >= 0.3 is 0 Å². The van der Waals surface area contributed by atoms with E-state index in [0.29, 0.717) is 0 Å². The van der Waals surface area contributed by atoms with E-state index in [-0.39, 0.29) is 10.6 Å². The van der Waals surface area contributed by atoms with Crippen molar-refractivity contribution >= 4 is 32.4 Å². The maximum absolute atomic E-state index is 10.9. The van der Waals surface area contributed by atoms with Crippen LogP contribution in [0.4, 0.5) is 10.8 Å². The molecule has 2 aromatic rings. The van der Waals surface area contributed by atoms with Crippen LogP contribution in [0.15, 0.2) is 18.2 Å². The van der Waals surface area contributed by atoms with Gasteiger partial charge in [0.25, 0.3) is 5.69 Å². The maximum atomic E-state index is 10.9. The first-order valence-electron chi connectivity index (χ1n) is 9.71. The predicted octanol–water partition coefficient (Wildman–Crippen LogP) is 4.30. The van der Waals surface area contributed by atoms with Gasteiger partial charge in [0.1, 0.15) is 0 Å². The third-order valence-electron chi connectivity index (χ3n) is 5.67. The fourth-order valence-corrected chi connectivity index (χ4v) is 5.19. The van der Waals surface area contributed by atoms with E-state index >= 15 is 0 Å². The Balaban J connectivity index is 1.36. The topological polar surface area (TPSA) is 62.5 Å². The Labute approximate surface area is 158 Å². The summed E-state index contributed by atoms with van der Waals surface area (Å²) >= 11 is 1.57. The SMILES string of the molecule is O=[N+]([O-])c1ccc2nc(N3CCC(CN4CCCCCC4)CC3)sc2c1. The second-order valence-electron chi connectivity index (χ2n) is 7.55. The zero-order valence-corrected chi connectivity index (χ0v) is 15.9. The summed E-state index contributed by atoms with van der Waals surface area (Å²) in [6.07, 6.45) is 7.93. The molecule has 0 amide bonds. The van der Waals surface area contributed by atoms with Gasteiger partial charge < -0.3 is 9.80 Å². The number of fused-ring (bicyclic) bond motifs is 1. The zero-order valence-electron chi connectivity index (χ0n) is 15.1. The van der Waals surface area contributed by atoms with Gasteiger partial charge in [-0.2, -0.15) is 0 Å². The van der Waals surface area contributed by atoms with Gasteiger partial charge in [0.2, 0.25) is 0 Å². The largest absolute Gasteiger partial charge is 0.348 e. The van der Waals surface area contributed by atoms with Crippen molar-refractivity contribution in [3.05, 3.63) is 28.3 Å². The van der Waals surface area contributed by atoms with Gasteiger partial charge in [-0.05, 0) is 50.8 Å². The minimum Gasteiger partial charge on any atom is -0.348 e. The van der Waals surface area contributed by atoms with E-state index in [1.54, 1.807) is 29.5 Å². The van der Waals surface area contributed by atoms with E-state index in [1.807, 2.05) is 0 Å². The number of hydrogen-bond donors (Lipinski definition) is 0. The highest BCUT2D eigenvalue weighted by Gasteiger charge is 2.24. The molecule has 0 unspecified atom stereocenters. The van der Waals surface area contributed by atoms with Crippen molar-refractivity contribution in [1.29, 1.82) is 0 Å². The molecule has 2 aliphatic heterocycles. The van der Waals surface area contributed by atoms with Crippen LogP contribution in [0, 0.1) is 16.0 Å². The molecule has 0 spiro atoms. The molecule has 140 valence electrons. The highest BCUT2D eigenvalue weighted by atomic mass is 32.1. The second kappa shape index (κ2) is 7.88. The first-order valence-corrected chi connectivity index (χ1v) is 10.5. The summed E-state index contributed by atoms with van der Waals surface area (Å²) in [5, 5.41) is 12.0. The number of nitro groups is 1. The van der Waals surface area contributed by atoms with Crippen molar-refractivity contribution < 1.29 is 4.92 Å². The van der Waals surface area contributed by atoms with Gasteiger partial charge in [0.05, 0.1) is 15.1 Å². The zero-order chi connectivity index (χ0) is 17.9. The normalized spacial score (nSPS) is 20.4. The number of likely N-dealkylation sites (tertiary alicyclic amines) is 1. The molecule has 2 aliphatic rings. The third kappa shape index (κ3) is 3.99. The molecule has 2 saturated heterocycles. The maximum Gasteiger partial charge on any atom is 0.270 e. The van der Waals surface area contributed by atoms with Crippen LogP contribution in [0.1, 0.15) is 38.5 Å². The van der Waals surface area contributed by atoms with Gasteiger partial charge in [0.15, 0.2) is 5.13 Å². The van der Waals surface area contributed by atoms with E-state index in [1.165, 1.54) is 58.2 Å². The van der Waals surface area contributed by atoms with Crippen molar-refractivity contribution in [3.63, 3.8) is 0 Å². The second-order valence-corrected chi connectivity index (χ2v) is 8.56. The molecule has 1 aromatic carbocycles. The van der Waals surface area contributed by atoms with Gasteiger partial charge in [-0.15, -0.1) is 0 Å². The lowest BCUT2D eigenvalue weighted by Crippen LogP contribution is -2.39. The Morgan fingerprint density at radius 1 is 1.12 bits per heavy atom. The molecule has 1 aromatic heterocycles. The average Bonchev–Trinajstić information content (AvgIpc) is 2.91. The van der Waals surface area contributed by atoms with E-state index in [9.17, 15) is 10.1 Å². The summed E-state index contributed by atoms with van der Waals surface area (Å²) in [6, 6.07) is 4.95. The molecular formula is C19H26N4O2S. The monoisotopic (exact) mass is 374 g/mol. The minimum atomic E-state index is -0.340. The number of piperidine rings is 1. The number of aromatic nitrogens is 1. The minimum absolute atomic E-state index is 0.142. The van der Waals surface area contributed by atoms with Crippen LogP contribution in [-0.4, -0.2) is 47.5 Å². The summed E-state index contributed by atoms with van der Waals surface area (Å²) in [5.41, 5.74) is 1.01. The van der Waals surface area contributed by atoms with Crippen LogP contribution in [0.3, 0.4) is 0 Å². The highest BCUT2D eigenvalue weighted by molar-refractivity contribution is 7.22. The fraction of sp³-hybridized carbons (Fsp3) is 0.632. The van der Waals surface area contributed by atoms with Crippen LogP contribution >= 0.6 is 11.3 Å². The van der Waals surface area contributed by atoms with Crippen LogP contribution in [0.2, 0.25) is 0 Å². The number of anilines is 1. The quantitative estimate of drug-likeness (QED) is 0.590. The van der Waals surface area contributed by atoms with Gasteiger partial charge in [-0.3, -0.25) is 10.1 Å². The molecule has 0 radical (unpaired) electrons. The Hall–Kier alpha value is -1.73. The van der Waals surface area contributed by atoms with Crippen LogP contribution in [0.25, 0.3) is 10.2 Å². The summed E-state index contributed by atoms with van der Waals surface area (Å²) < 4.78 is 0.904. The molecule has 0 saturated carbocycles. The molecular weight excluding hydrogens is 348 g/mol. The van der Waals surface area contributed by atoms with Gasteiger partial charge in [0, 0.05) is 31.8 Å². The molecule has 0 atom stereocenters. The lowest BCUT2D eigenvalue weighted by atomic mass is 9.96. The number of nitro benzene ring substituents is 1. The van der Waals surface area contributed by atoms with Crippen molar-refractivity contribution in [1.82, 2.24) is 9.88 Å². The molecule has 3 heterocycles. The first kappa shape index (κ1) is 17.7. The molecule has 2 fully saturated rings. The Morgan fingerprint density at radius 3 is 2.54 bits per heavy atom. The average molecular weight is 375 g/mol. The molecule has 0 aliphatic carbocycles. The van der Waals surface area contributed by atoms with E-state index in [4.69, 9.17) is 4.98 Å². The molecule has 4 rings (SSSR count). The van der Waals surface area contributed by atoms with Crippen molar-refractivity contribution in [2.24, 2.45) is 5.92 Å². The van der Waals surface area contributed by atoms with E-state index in [0.717, 1.165) is 34.4 Å². The Kier molecular flexibility index (Phi) is 5.36. The third-order valence-corrected chi connectivity index (χ3v) is 6.75. The lowest BCUT2D eigenvalue weighted by Gasteiger charge is -2.34. The van der Waals surface area contributed by atoms with E-state index in [2.05, 4.69) is 9.80 Å². The number of thiazole rings is 1. The molecule has 0 N–H and O–H groups in total. The van der Waals surface area contributed by atoms with E-state index < -0.39 is 0 Å². The number of hydrogen-bond acceptors (Lipinski definition) is 6. The van der Waals surface area contributed by atoms with Gasteiger partial charge in [-0.25, -0.2) is 4.98 Å². The summed E-state index contributed by atoms with van der Waals surface area (Å²) in [5.74, 6) is 0.791. The Morgan fingerprint density at radius 2 is 1.85 bits per heavy atom. The van der Waals surface area contributed by atoms with Crippen LogP contribution < -0.4 is 4.90 Å². The predicted molar refractivity (Wildman–Crippen MR) is 106 cm³/mol. The standard InChI is InChI=1S/C19H26N4O2S/c24-23(25)16-5-6-17-18(13-16)26-19(20-17)22-11-7-15(8-12-22)14-21-9-3-1-2-4-10-21/h5-6,13,15H,1-4,7-12,14H2. The lowest BCUT2D eigenvalue weighted by molar-refractivity contribution is -0.384. The first-order chi connectivity index (χ1) is 12.7. The number of benzene rings is 1. The number of nitrogens with zero attached hydrogens (tertiary/aromatic N) is 4. The van der Waals surface area contributed by atoms with Gasteiger partial charge in [-0.1, -0.05) is 24.2 Å². The number of rotatable bonds is 4. The van der Waals surface area contributed by atoms with Crippen LogP contribution in [0.5, 0.6) is 0 Å².